The van der Waals surface area contributed by atoms with Crippen molar-refractivity contribution >= 4 is 35.8 Å². The Morgan fingerprint density at radius 2 is 1.72 bits per heavy atom. The Bertz CT molecular complexity index is 865. The van der Waals surface area contributed by atoms with Crippen LogP contribution in [0.5, 0.6) is 5.75 Å². The Kier molecular flexibility index (Phi) is 12.8. The summed E-state index contributed by atoms with van der Waals surface area (Å²) in [6, 6.07) is 13.9. The Morgan fingerprint density at radius 1 is 1.03 bits per heavy atom. The number of carbonyl (C=O) groups excluding carboxylic acids is 1. The van der Waals surface area contributed by atoms with Gasteiger partial charge in [-0.25, -0.2) is 4.99 Å². The molecule has 0 radical (unpaired) electrons. The molecule has 0 fully saturated rings. The highest BCUT2D eigenvalue weighted by Gasteiger charge is 2.11. The van der Waals surface area contributed by atoms with Crippen LogP contribution in [0.25, 0.3) is 0 Å². The van der Waals surface area contributed by atoms with Gasteiger partial charge in [-0.3, -0.25) is 4.79 Å². The Hall–Kier alpha value is -2.29. The van der Waals surface area contributed by atoms with Crippen molar-refractivity contribution in [1.29, 1.82) is 0 Å². The van der Waals surface area contributed by atoms with Crippen molar-refractivity contribution in [3.05, 3.63) is 64.7 Å². The minimum absolute atomic E-state index is 0. The molecular weight excluding hydrogens is 515 g/mol. The van der Waals surface area contributed by atoms with Crippen LogP contribution < -0.4 is 15.4 Å². The number of halogens is 1. The molecule has 0 saturated carbocycles. The fraction of sp³-hybridized carbons (Fsp3) is 0.440. The average Bonchev–Trinajstić information content (AvgIpc) is 2.78. The van der Waals surface area contributed by atoms with E-state index >= 15 is 0 Å². The summed E-state index contributed by atoms with van der Waals surface area (Å²) in [4.78, 5) is 18.9. The monoisotopic (exact) mass is 552 g/mol. The van der Waals surface area contributed by atoms with Gasteiger partial charge < -0.3 is 20.3 Å². The molecule has 0 unspecified atom stereocenters. The van der Waals surface area contributed by atoms with Crippen molar-refractivity contribution < 1.29 is 9.53 Å². The lowest BCUT2D eigenvalue weighted by Crippen LogP contribution is -2.38. The molecule has 0 atom stereocenters. The summed E-state index contributed by atoms with van der Waals surface area (Å²) >= 11 is 0. The molecule has 0 heterocycles. The Labute approximate surface area is 209 Å². The number of rotatable bonds is 10. The summed E-state index contributed by atoms with van der Waals surface area (Å²) in [6.07, 6.45) is 0.845. The van der Waals surface area contributed by atoms with Crippen LogP contribution in [0.2, 0.25) is 0 Å². The van der Waals surface area contributed by atoms with E-state index in [1.54, 1.807) is 7.11 Å². The molecule has 1 amide bonds. The predicted molar refractivity (Wildman–Crippen MR) is 143 cm³/mol. The number of nitrogens with one attached hydrogen (secondary N) is 2. The van der Waals surface area contributed by atoms with Crippen LogP contribution in [-0.4, -0.2) is 50.1 Å². The zero-order valence-electron chi connectivity index (χ0n) is 19.9. The zero-order valence-corrected chi connectivity index (χ0v) is 22.2. The first-order valence-corrected chi connectivity index (χ1v) is 11.1. The normalized spacial score (nSPS) is 10.8. The van der Waals surface area contributed by atoms with Gasteiger partial charge in [0.25, 0.3) is 5.91 Å². The summed E-state index contributed by atoms with van der Waals surface area (Å²) < 4.78 is 5.47. The van der Waals surface area contributed by atoms with Crippen molar-refractivity contribution in [3.8, 4) is 5.75 Å². The predicted octanol–water partition coefficient (Wildman–Crippen LogP) is 4.40. The molecule has 0 bridgehead atoms. The van der Waals surface area contributed by atoms with E-state index in [2.05, 4.69) is 41.6 Å². The highest BCUT2D eigenvalue weighted by Crippen LogP contribution is 2.19. The standard InChI is InChI=1S/C25H36N4O2.HI/c1-6-26-25(27-16-15-22-17-19(4)9-14-23(22)31-5)28-18-20-10-12-21(13-11-20)24(30)29(7-2)8-3;/h9-14,17H,6-8,15-16,18H2,1-5H3,(H2,26,27,28);1H. The van der Waals surface area contributed by atoms with E-state index in [1.807, 2.05) is 49.1 Å². The summed E-state index contributed by atoms with van der Waals surface area (Å²) in [5.74, 6) is 1.76. The highest BCUT2D eigenvalue weighted by atomic mass is 127. The van der Waals surface area contributed by atoms with Gasteiger partial charge in [-0.2, -0.15) is 0 Å². The highest BCUT2D eigenvalue weighted by molar-refractivity contribution is 14.0. The number of amides is 1. The molecule has 2 aromatic rings. The third-order valence-corrected chi connectivity index (χ3v) is 5.14. The Morgan fingerprint density at radius 3 is 2.31 bits per heavy atom. The third kappa shape index (κ3) is 8.33. The van der Waals surface area contributed by atoms with Crippen LogP contribution in [0, 0.1) is 6.92 Å². The molecule has 0 aliphatic carbocycles. The maximum Gasteiger partial charge on any atom is 0.253 e. The first-order chi connectivity index (χ1) is 15.0. The van der Waals surface area contributed by atoms with E-state index in [9.17, 15) is 4.79 Å². The lowest BCUT2D eigenvalue weighted by molar-refractivity contribution is 0.0773. The van der Waals surface area contributed by atoms with Crippen molar-refractivity contribution in [1.82, 2.24) is 15.5 Å². The number of ether oxygens (including phenoxy) is 1. The van der Waals surface area contributed by atoms with E-state index in [0.717, 1.165) is 36.8 Å². The van der Waals surface area contributed by atoms with Crippen LogP contribution in [0.3, 0.4) is 0 Å². The number of benzene rings is 2. The quantitative estimate of drug-likeness (QED) is 0.261. The van der Waals surface area contributed by atoms with Crippen LogP contribution in [0.15, 0.2) is 47.5 Å². The van der Waals surface area contributed by atoms with Crippen LogP contribution in [-0.2, 0) is 13.0 Å². The number of aryl methyl sites for hydroxylation is 1. The minimum Gasteiger partial charge on any atom is -0.496 e. The van der Waals surface area contributed by atoms with Crippen molar-refractivity contribution in [3.63, 3.8) is 0 Å². The number of methoxy groups -OCH3 is 1. The van der Waals surface area contributed by atoms with Crippen LogP contribution >= 0.6 is 24.0 Å². The second kappa shape index (κ2) is 14.7. The first kappa shape index (κ1) is 27.7. The number of nitrogens with zero attached hydrogens (tertiary/aromatic N) is 2. The third-order valence-electron chi connectivity index (χ3n) is 5.14. The fourth-order valence-electron chi connectivity index (χ4n) is 3.38. The molecule has 2 aromatic carbocycles. The van der Waals surface area contributed by atoms with E-state index in [1.165, 1.54) is 11.1 Å². The number of carbonyl (C=O) groups is 1. The molecule has 0 aliphatic heterocycles. The SMILES string of the molecule is CCNC(=NCc1ccc(C(=O)N(CC)CC)cc1)NCCc1cc(C)ccc1OC.I. The summed E-state index contributed by atoms with van der Waals surface area (Å²) in [5.41, 5.74) is 4.18. The van der Waals surface area contributed by atoms with Gasteiger partial charge in [0.15, 0.2) is 5.96 Å². The molecule has 2 rings (SSSR count). The first-order valence-electron chi connectivity index (χ1n) is 11.1. The van der Waals surface area contributed by atoms with Gasteiger partial charge in [0.05, 0.1) is 13.7 Å². The largest absolute Gasteiger partial charge is 0.496 e. The number of hydrogen-bond acceptors (Lipinski definition) is 3. The van der Waals surface area contributed by atoms with E-state index in [4.69, 9.17) is 4.74 Å². The van der Waals surface area contributed by atoms with Gasteiger partial charge in [0.2, 0.25) is 0 Å². The van der Waals surface area contributed by atoms with Gasteiger partial charge in [0, 0.05) is 31.7 Å². The van der Waals surface area contributed by atoms with Gasteiger partial charge >= 0.3 is 0 Å². The van der Waals surface area contributed by atoms with Gasteiger partial charge in [-0.1, -0.05) is 29.8 Å². The maximum atomic E-state index is 12.4. The molecule has 6 nitrogen and oxygen atoms in total. The van der Waals surface area contributed by atoms with Gasteiger partial charge in [-0.15, -0.1) is 24.0 Å². The molecule has 0 saturated heterocycles. The summed E-state index contributed by atoms with van der Waals surface area (Å²) in [5, 5.41) is 6.68. The van der Waals surface area contributed by atoms with E-state index in [0.29, 0.717) is 25.2 Å². The zero-order chi connectivity index (χ0) is 22.6. The topological polar surface area (TPSA) is 66.0 Å². The number of guanidine groups is 1. The molecule has 0 aromatic heterocycles. The second-order valence-corrected chi connectivity index (χ2v) is 7.36. The summed E-state index contributed by atoms with van der Waals surface area (Å²) in [7, 11) is 1.70. The Balaban J connectivity index is 0.00000512. The van der Waals surface area contributed by atoms with Crippen molar-refractivity contribution in [2.45, 2.75) is 40.7 Å². The molecule has 7 heteroatoms. The molecule has 0 spiro atoms. The van der Waals surface area contributed by atoms with Gasteiger partial charge in [-0.05, 0) is 63.4 Å². The number of hydrogen-bond donors (Lipinski definition) is 2. The lowest BCUT2D eigenvalue weighted by atomic mass is 10.1. The van der Waals surface area contributed by atoms with Crippen LogP contribution in [0.1, 0.15) is 47.8 Å². The lowest BCUT2D eigenvalue weighted by Gasteiger charge is -2.18. The second-order valence-electron chi connectivity index (χ2n) is 7.36. The fourth-order valence-corrected chi connectivity index (χ4v) is 3.38. The van der Waals surface area contributed by atoms with Crippen LogP contribution in [0.4, 0.5) is 0 Å². The molecule has 0 aliphatic rings. The maximum absolute atomic E-state index is 12.4. The molecule has 2 N–H and O–H groups in total. The smallest absolute Gasteiger partial charge is 0.253 e. The van der Waals surface area contributed by atoms with E-state index < -0.39 is 0 Å². The molecule has 176 valence electrons. The minimum atomic E-state index is 0. The van der Waals surface area contributed by atoms with Crippen molar-refractivity contribution in [2.75, 3.05) is 33.3 Å². The number of aliphatic imine (C=N–C) groups is 1. The van der Waals surface area contributed by atoms with E-state index in [-0.39, 0.29) is 29.9 Å². The van der Waals surface area contributed by atoms with Gasteiger partial charge in [0.1, 0.15) is 5.75 Å². The molecular formula is C25H37IN4O2. The summed E-state index contributed by atoms with van der Waals surface area (Å²) in [6.45, 7) is 11.6. The van der Waals surface area contributed by atoms with Crippen molar-refractivity contribution in [2.24, 2.45) is 4.99 Å². The molecule has 32 heavy (non-hydrogen) atoms. The average molecular weight is 553 g/mol.